The maximum Gasteiger partial charge on any atom is 0.245 e. The lowest BCUT2D eigenvalue weighted by atomic mass is 10.3. The van der Waals surface area contributed by atoms with Crippen LogP contribution >= 0.6 is 11.6 Å². The predicted molar refractivity (Wildman–Crippen MR) is 98.4 cm³/mol. The summed E-state index contributed by atoms with van der Waals surface area (Å²) in [5.41, 5.74) is 2.18. The van der Waals surface area contributed by atoms with Crippen LogP contribution in [-0.4, -0.2) is 27.4 Å². The zero-order valence-corrected chi connectivity index (χ0v) is 14.4. The highest BCUT2D eigenvalue weighted by Crippen LogP contribution is 2.28. The third kappa shape index (κ3) is 3.35. The molecule has 8 nitrogen and oxygen atoms in total. The Balaban J connectivity index is 1.71. The molecule has 0 aliphatic heterocycles. The summed E-state index contributed by atoms with van der Waals surface area (Å²) in [5.74, 6) is 1.69. The summed E-state index contributed by atoms with van der Waals surface area (Å²) >= 11 is 6.05. The maximum absolute atomic E-state index is 6.05. The van der Waals surface area contributed by atoms with Crippen molar-refractivity contribution in [3.8, 4) is 5.75 Å². The molecule has 26 heavy (non-hydrogen) atoms. The number of nitrogens with zero attached hydrogens (tertiary/aromatic N) is 4. The van der Waals surface area contributed by atoms with Crippen LogP contribution < -0.4 is 15.4 Å². The second-order valence-electron chi connectivity index (χ2n) is 5.32. The van der Waals surface area contributed by atoms with E-state index in [4.69, 9.17) is 21.0 Å². The zero-order valence-electron chi connectivity index (χ0n) is 13.6. The van der Waals surface area contributed by atoms with Crippen molar-refractivity contribution in [1.82, 2.24) is 20.3 Å². The van der Waals surface area contributed by atoms with E-state index in [1.54, 1.807) is 19.2 Å². The van der Waals surface area contributed by atoms with Gasteiger partial charge in [-0.1, -0.05) is 17.7 Å². The number of methoxy groups -OCH3 is 1. The molecule has 0 radical (unpaired) electrons. The van der Waals surface area contributed by atoms with Crippen LogP contribution in [0.1, 0.15) is 0 Å². The van der Waals surface area contributed by atoms with Gasteiger partial charge in [0.15, 0.2) is 11.6 Å². The Labute approximate surface area is 153 Å². The van der Waals surface area contributed by atoms with E-state index in [0.29, 0.717) is 28.0 Å². The van der Waals surface area contributed by atoms with Gasteiger partial charge in [-0.2, -0.15) is 0 Å². The highest BCUT2D eigenvalue weighted by atomic mass is 35.5. The second-order valence-corrected chi connectivity index (χ2v) is 5.76. The second kappa shape index (κ2) is 6.85. The Kier molecular flexibility index (Phi) is 4.24. The van der Waals surface area contributed by atoms with Crippen LogP contribution in [0.5, 0.6) is 5.75 Å². The molecule has 0 atom stereocenters. The molecule has 4 aromatic rings. The minimum absolute atomic E-state index is 0.301. The highest BCUT2D eigenvalue weighted by Gasteiger charge is 2.13. The SMILES string of the molecule is COc1ccc(Nc2nc3nonc3nc2Nc2cccc(Cl)c2)cc1. The van der Waals surface area contributed by atoms with Crippen LogP contribution in [0.4, 0.5) is 23.0 Å². The first-order chi connectivity index (χ1) is 12.7. The number of hydrogen-bond donors (Lipinski definition) is 2. The summed E-state index contributed by atoms with van der Waals surface area (Å²) in [6.07, 6.45) is 0. The number of halogens is 1. The van der Waals surface area contributed by atoms with Crippen LogP contribution in [0.15, 0.2) is 53.2 Å². The smallest absolute Gasteiger partial charge is 0.245 e. The van der Waals surface area contributed by atoms with Gasteiger partial charge in [-0.15, -0.1) is 0 Å². The third-order valence-corrected chi connectivity index (χ3v) is 3.79. The lowest BCUT2D eigenvalue weighted by Crippen LogP contribution is -2.03. The van der Waals surface area contributed by atoms with Gasteiger partial charge >= 0.3 is 0 Å². The average molecular weight is 369 g/mol. The molecule has 0 unspecified atom stereocenters. The maximum atomic E-state index is 6.05. The first kappa shape index (κ1) is 16.1. The summed E-state index contributed by atoms with van der Waals surface area (Å²) in [6.45, 7) is 0. The molecule has 4 rings (SSSR count). The Bertz CT molecular complexity index is 1050. The van der Waals surface area contributed by atoms with Crippen LogP contribution in [0, 0.1) is 0 Å². The summed E-state index contributed by atoms with van der Waals surface area (Å²) in [7, 11) is 1.62. The lowest BCUT2D eigenvalue weighted by Gasteiger charge is -2.12. The van der Waals surface area contributed by atoms with E-state index in [1.807, 2.05) is 36.4 Å². The van der Waals surface area contributed by atoms with Crippen molar-refractivity contribution >= 4 is 45.9 Å². The van der Waals surface area contributed by atoms with Gasteiger partial charge in [0.25, 0.3) is 0 Å². The molecule has 0 spiro atoms. The molecule has 2 aromatic heterocycles. The number of nitrogens with one attached hydrogen (secondary N) is 2. The van der Waals surface area contributed by atoms with Crippen molar-refractivity contribution < 1.29 is 9.37 Å². The molecule has 0 amide bonds. The first-order valence-electron chi connectivity index (χ1n) is 7.65. The van der Waals surface area contributed by atoms with E-state index >= 15 is 0 Å². The van der Waals surface area contributed by atoms with E-state index in [9.17, 15) is 0 Å². The molecular formula is C17H13ClN6O2. The molecule has 0 saturated heterocycles. The zero-order chi connectivity index (χ0) is 17.9. The van der Waals surface area contributed by atoms with Crippen LogP contribution in [0.3, 0.4) is 0 Å². The third-order valence-electron chi connectivity index (χ3n) is 3.55. The molecule has 130 valence electrons. The van der Waals surface area contributed by atoms with E-state index in [-0.39, 0.29) is 0 Å². The molecule has 9 heteroatoms. The van der Waals surface area contributed by atoms with E-state index in [1.165, 1.54) is 0 Å². The lowest BCUT2D eigenvalue weighted by molar-refractivity contribution is 0.314. The van der Waals surface area contributed by atoms with E-state index in [2.05, 4.69) is 30.9 Å². The van der Waals surface area contributed by atoms with Crippen molar-refractivity contribution in [3.05, 3.63) is 53.6 Å². The number of anilines is 4. The largest absolute Gasteiger partial charge is 0.497 e. The summed E-state index contributed by atoms with van der Waals surface area (Å²) in [4.78, 5) is 8.84. The van der Waals surface area contributed by atoms with E-state index in [0.717, 1.165) is 17.1 Å². The molecule has 2 aromatic carbocycles. The standard InChI is InChI=1S/C17H13ClN6O2/c1-25-13-7-5-11(6-8-13)19-14-15(20-12-4-2-3-10(18)9-12)22-17-16(21-14)23-26-24-17/h2-9H,1H3,(H,19,21,23)(H,20,22,24). The summed E-state index contributed by atoms with van der Waals surface area (Å²) in [6, 6.07) is 14.7. The van der Waals surface area contributed by atoms with Gasteiger partial charge in [-0.25, -0.2) is 14.6 Å². The molecular weight excluding hydrogens is 356 g/mol. The normalized spacial score (nSPS) is 10.7. The molecule has 2 N–H and O–H groups in total. The Morgan fingerprint density at radius 3 is 2.15 bits per heavy atom. The van der Waals surface area contributed by atoms with Crippen molar-refractivity contribution in [2.75, 3.05) is 17.7 Å². The number of ether oxygens (including phenoxy) is 1. The Hall–Kier alpha value is -3.39. The minimum atomic E-state index is 0.301. The quantitative estimate of drug-likeness (QED) is 0.541. The first-order valence-corrected chi connectivity index (χ1v) is 8.03. The monoisotopic (exact) mass is 368 g/mol. The molecule has 0 bridgehead atoms. The molecule has 0 saturated carbocycles. The van der Waals surface area contributed by atoms with Gasteiger partial charge < -0.3 is 15.4 Å². The molecule has 0 aliphatic rings. The minimum Gasteiger partial charge on any atom is -0.497 e. The topological polar surface area (TPSA) is 98.0 Å². The number of hydrogen-bond acceptors (Lipinski definition) is 8. The van der Waals surface area contributed by atoms with Crippen molar-refractivity contribution in [2.45, 2.75) is 0 Å². The van der Waals surface area contributed by atoms with Gasteiger partial charge in [0.05, 0.1) is 7.11 Å². The van der Waals surface area contributed by atoms with Gasteiger partial charge in [-0.3, -0.25) is 0 Å². The van der Waals surface area contributed by atoms with Crippen LogP contribution in [0.2, 0.25) is 5.02 Å². The summed E-state index contributed by atoms with van der Waals surface area (Å²) < 4.78 is 9.88. The fraction of sp³-hybridized carbons (Fsp3) is 0.0588. The predicted octanol–water partition coefficient (Wildman–Crippen LogP) is 4.16. The fourth-order valence-electron chi connectivity index (χ4n) is 2.33. The van der Waals surface area contributed by atoms with Gasteiger partial charge in [0.1, 0.15) is 5.75 Å². The Morgan fingerprint density at radius 1 is 0.885 bits per heavy atom. The summed E-state index contributed by atoms with van der Waals surface area (Å²) in [5, 5.41) is 14.5. The molecule has 0 fully saturated rings. The van der Waals surface area contributed by atoms with Crippen LogP contribution in [-0.2, 0) is 0 Å². The number of aromatic nitrogens is 4. The van der Waals surface area contributed by atoms with Crippen LogP contribution in [0.25, 0.3) is 11.3 Å². The average Bonchev–Trinajstić information content (AvgIpc) is 3.10. The van der Waals surface area contributed by atoms with Gasteiger partial charge in [0, 0.05) is 16.4 Å². The van der Waals surface area contributed by atoms with E-state index < -0.39 is 0 Å². The van der Waals surface area contributed by atoms with Crippen molar-refractivity contribution in [3.63, 3.8) is 0 Å². The van der Waals surface area contributed by atoms with Crippen molar-refractivity contribution in [1.29, 1.82) is 0 Å². The number of fused-ring (bicyclic) bond motifs is 1. The highest BCUT2D eigenvalue weighted by molar-refractivity contribution is 6.30. The van der Waals surface area contributed by atoms with Gasteiger partial charge in [0.2, 0.25) is 11.3 Å². The number of benzene rings is 2. The van der Waals surface area contributed by atoms with Gasteiger partial charge in [-0.05, 0) is 52.8 Å². The Morgan fingerprint density at radius 2 is 1.54 bits per heavy atom. The molecule has 2 heterocycles. The number of rotatable bonds is 5. The van der Waals surface area contributed by atoms with Crippen molar-refractivity contribution in [2.24, 2.45) is 0 Å². The molecule has 0 aliphatic carbocycles. The fourth-order valence-corrected chi connectivity index (χ4v) is 2.52.